The Morgan fingerprint density at radius 2 is 2.00 bits per heavy atom. The summed E-state index contributed by atoms with van der Waals surface area (Å²) < 4.78 is 24.2. The van der Waals surface area contributed by atoms with E-state index >= 15 is 0 Å². The summed E-state index contributed by atoms with van der Waals surface area (Å²) in [6.45, 7) is 5.55. The molecular weight excluding hydrogens is 262 g/mol. The lowest BCUT2D eigenvalue weighted by atomic mass is 10.1. The third-order valence-electron chi connectivity index (χ3n) is 2.44. The van der Waals surface area contributed by atoms with Gasteiger partial charge in [-0.3, -0.25) is 0 Å². The Morgan fingerprint density at radius 1 is 1.35 bits per heavy atom. The number of nitrogens with zero attached hydrogens (tertiary/aromatic N) is 3. The first-order valence-electron chi connectivity index (χ1n) is 5.11. The highest BCUT2D eigenvalue weighted by molar-refractivity contribution is 8.13. The summed E-state index contributed by atoms with van der Waals surface area (Å²) in [7, 11) is 1.54. The normalized spacial score (nSPS) is 12.5. The lowest BCUT2D eigenvalue weighted by Crippen LogP contribution is -2.05. The molecule has 7 heteroatoms. The summed E-state index contributed by atoms with van der Waals surface area (Å²) in [6, 6.07) is 3.57. The molecular formula is C10H12ClN3O2S. The Hall–Kier alpha value is -1.14. The molecule has 0 aliphatic heterocycles. The van der Waals surface area contributed by atoms with Crippen molar-refractivity contribution in [3.63, 3.8) is 0 Å². The summed E-state index contributed by atoms with van der Waals surface area (Å²) in [5.41, 5.74) is 1.62. The lowest BCUT2D eigenvalue weighted by Gasteiger charge is -2.05. The maximum Gasteiger partial charge on any atom is 0.280 e. The quantitative estimate of drug-likeness (QED) is 0.786. The molecule has 0 aromatic carbocycles. The van der Waals surface area contributed by atoms with E-state index in [2.05, 4.69) is 10.1 Å². The van der Waals surface area contributed by atoms with E-state index in [4.69, 9.17) is 10.7 Å². The predicted octanol–water partition coefficient (Wildman–Crippen LogP) is 2.09. The summed E-state index contributed by atoms with van der Waals surface area (Å²) in [5.74, 6) is 0.202. The molecule has 0 spiro atoms. The van der Waals surface area contributed by atoms with Crippen LogP contribution in [0.4, 0.5) is 0 Å². The molecule has 17 heavy (non-hydrogen) atoms. The highest BCUT2D eigenvalue weighted by atomic mass is 35.7. The van der Waals surface area contributed by atoms with Crippen LogP contribution in [0.25, 0.3) is 5.65 Å². The molecule has 0 saturated heterocycles. The van der Waals surface area contributed by atoms with Gasteiger partial charge in [0.2, 0.25) is 0 Å². The van der Waals surface area contributed by atoms with Crippen LogP contribution in [0.2, 0.25) is 0 Å². The number of aromatic nitrogens is 3. The molecule has 0 bridgehead atoms. The number of imidazole rings is 1. The third-order valence-corrected chi connectivity index (χ3v) is 3.81. The van der Waals surface area contributed by atoms with Gasteiger partial charge < -0.3 is 0 Å². The smallest absolute Gasteiger partial charge is 0.231 e. The standard InChI is InChI=1S/C10H12ClN3O2S/c1-6(2)8-4-5-9-12-7(3)10(14(9)13-8)17(11,15)16/h4-6H,1-3H3. The number of aryl methyl sites for hydroxylation is 1. The first kappa shape index (κ1) is 12.3. The van der Waals surface area contributed by atoms with Gasteiger partial charge in [-0.05, 0) is 25.0 Å². The average Bonchev–Trinajstić information content (AvgIpc) is 2.51. The molecule has 0 aliphatic carbocycles. The van der Waals surface area contributed by atoms with Crippen molar-refractivity contribution in [3.8, 4) is 0 Å². The van der Waals surface area contributed by atoms with E-state index in [1.54, 1.807) is 13.0 Å². The van der Waals surface area contributed by atoms with Crippen LogP contribution in [0.3, 0.4) is 0 Å². The minimum Gasteiger partial charge on any atom is -0.231 e. The third kappa shape index (κ3) is 2.14. The second-order valence-corrected chi connectivity index (χ2v) is 6.60. The molecule has 0 saturated carbocycles. The Bertz CT molecular complexity index is 676. The zero-order valence-corrected chi connectivity index (χ0v) is 11.2. The highest BCUT2D eigenvalue weighted by Crippen LogP contribution is 2.21. The maximum absolute atomic E-state index is 11.5. The number of halogens is 1. The van der Waals surface area contributed by atoms with Gasteiger partial charge in [-0.1, -0.05) is 13.8 Å². The fraction of sp³-hybridized carbons (Fsp3) is 0.400. The number of hydrogen-bond donors (Lipinski definition) is 0. The van der Waals surface area contributed by atoms with Crippen LogP contribution < -0.4 is 0 Å². The molecule has 2 aromatic rings. The molecule has 0 atom stereocenters. The van der Waals surface area contributed by atoms with E-state index < -0.39 is 9.05 Å². The molecule has 0 aliphatic rings. The Labute approximate surface area is 104 Å². The lowest BCUT2D eigenvalue weighted by molar-refractivity contribution is 0.599. The number of hydrogen-bond acceptors (Lipinski definition) is 4. The molecule has 0 N–H and O–H groups in total. The molecule has 0 radical (unpaired) electrons. The topological polar surface area (TPSA) is 64.3 Å². The van der Waals surface area contributed by atoms with E-state index in [0.29, 0.717) is 11.3 Å². The average molecular weight is 274 g/mol. The zero-order chi connectivity index (χ0) is 12.8. The van der Waals surface area contributed by atoms with Crippen LogP contribution in [-0.2, 0) is 9.05 Å². The fourth-order valence-corrected chi connectivity index (χ4v) is 2.90. The Balaban J connectivity index is 2.83. The molecule has 5 nitrogen and oxygen atoms in total. The second kappa shape index (κ2) is 3.96. The largest absolute Gasteiger partial charge is 0.280 e. The van der Waals surface area contributed by atoms with Gasteiger partial charge in [0.1, 0.15) is 0 Å². The minimum absolute atomic E-state index is 0.0586. The first-order chi connectivity index (χ1) is 7.80. The second-order valence-electron chi connectivity index (χ2n) is 4.12. The van der Waals surface area contributed by atoms with Gasteiger partial charge in [0.25, 0.3) is 9.05 Å². The minimum atomic E-state index is -3.85. The van der Waals surface area contributed by atoms with Crippen molar-refractivity contribution in [2.75, 3.05) is 0 Å². The van der Waals surface area contributed by atoms with Gasteiger partial charge >= 0.3 is 0 Å². The van der Waals surface area contributed by atoms with Gasteiger partial charge in [-0.25, -0.2) is 17.9 Å². The van der Waals surface area contributed by atoms with Crippen molar-refractivity contribution in [3.05, 3.63) is 23.5 Å². The maximum atomic E-state index is 11.5. The molecule has 0 amide bonds. The monoisotopic (exact) mass is 273 g/mol. The zero-order valence-electron chi connectivity index (χ0n) is 9.68. The molecule has 2 rings (SSSR count). The predicted molar refractivity (Wildman–Crippen MR) is 64.9 cm³/mol. The molecule has 2 heterocycles. The van der Waals surface area contributed by atoms with Gasteiger partial charge in [-0.15, -0.1) is 0 Å². The van der Waals surface area contributed by atoms with Gasteiger partial charge in [0.15, 0.2) is 10.7 Å². The molecule has 92 valence electrons. The number of fused-ring (bicyclic) bond motifs is 1. The van der Waals surface area contributed by atoms with Crippen molar-refractivity contribution < 1.29 is 8.42 Å². The van der Waals surface area contributed by atoms with E-state index in [0.717, 1.165) is 5.69 Å². The first-order valence-corrected chi connectivity index (χ1v) is 7.42. The van der Waals surface area contributed by atoms with Crippen molar-refractivity contribution in [1.82, 2.24) is 14.6 Å². The van der Waals surface area contributed by atoms with E-state index in [-0.39, 0.29) is 10.9 Å². The van der Waals surface area contributed by atoms with Crippen LogP contribution in [0.5, 0.6) is 0 Å². The molecule has 2 aromatic heterocycles. The van der Waals surface area contributed by atoms with Crippen LogP contribution in [-0.4, -0.2) is 23.0 Å². The summed E-state index contributed by atoms with van der Waals surface area (Å²) in [5, 5.41) is 4.19. The summed E-state index contributed by atoms with van der Waals surface area (Å²) >= 11 is 0. The summed E-state index contributed by atoms with van der Waals surface area (Å²) in [6.07, 6.45) is 0. The van der Waals surface area contributed by atoms with Crippen LogP contribution >= 0.6 is 10.7 Å². The molecule has 0 unspecified atom stereocenters. The van der Waals surface area contributed by atoms with E-state index in [1.807, 2.05) is 19.9 Å². The van der Waals surface area contributed by atoms with Crippen LogP contribution in [0, 0.1) is 6.92 Å². The Morgan fingerprint density at radius 3 is 2.53 bits per heavy atom. The van der Waals surface area contributed by atoms with Crippen LogP contribution in [0.15, 0.2) is 17.2 Å². The van der Waals surface area contributed by atoms with Crippen molar-refractivity contribution in [1.29, 1.82) is 0 Å². The van der Waals surface area contributed by atoms with Gasteiger partial charge in [-0.2, -0.15) is 5.10 Å². The van der Waals surface area contributed by atoms with E-state index in [9.17, 15) is 8.42 Å². The number of rotatable bonds is 2. The van der Waals surface area contributed by atoms with Gasteiger partial charge in [0, 0.05) is 10.7 Å². The highest BCUT2D eigenvalue weighted by Gasteiger charge is 2.22. The van der Waals surface area contributed by atoms with E-state index in [1.165, 1.54) is 4.52 Å². The Kier molecular flexibility index (Phi) is 2.87. The van der Waals surface area contributed by atoms with Gasteiger partial charge in [0.05, 0.1) is 11.4 Å². The van der Waals surface area contributed by atoms with Crippen LogP contribution in [0.1, 0.15) is 31.2 Å². The summed E-state index contributed by atoms with van der Waals surface area (Å²) in [4.78, 5) is 4.12. The molecule has 0 fully saturated rings. The van der Waals surface area contributed by atoms with Crippen molar-refractivity contribution >= 4 is 25.4 Å². The van der Waals surface area contributed by atoms with Crippen molar-refractivity contribution in [2.24, 2.45) is 0 Å². The van der Waals surface area contributed by atoms with Crippen molar-refractivity contribution in [2.45, 2.75) is 31.7 Å². The fourth-order valence-electron chi connectivity index (χ4n) is 1.63. The SMILES string of the molecule is Cc1nc2ccc(C(C)C)nn2c1S(=O)(=O)Cl.